The van der Waals surface area contributed by atoms with Crippen molar-refractivity contribution < 1.29 is 9.21 Å². The minimum atomic E-state index is -0.0536. The summed E-state index contributed by atoms with van der Waals surface area (Å²) in [4.78, 5) is 11.8. The molecule has 0 bridgehead atoms. The molecule has 2 N–H and O–H groups in total. The third-order valence-corrected chi connectivity index (χ3v) is 2.89. The summed E-state index contributed by atoms with van der Waals surface area (Å²) in [6, 6.07) is 9.52. The molecule has 0 radical (unpaired) electrons. The van der Waals surface area contributed by atoms with Crippen molar-refractivity contribution in [3.05, 3.63) is 54.0 Å². The van der Waals surface area contributed by atoms with E-state index < -0.39 is 0 Å². The van der Waals surface area contributed by atoms with E-state index in [1.165, 1.54) is 0 Å². The second kappa shape index (κ2) is 6.09. The van der Waals surface area contributed by atoms with E-state index in [2.05, 4.69) is 10.6 Å². The van der Waals surface area contributed by atoms with Crippen LogP contribution in [0.2, 0.25) is 0 Å². The summed E-state index contributed by atoms with van der Waals surface area (Å²) in [6.45, 7) is 4.58. The average Bonchev–Trinajstić information content (AvgIpc) is 2.93. The zero-order chi connectivity index (χ0) is 13.7. The summed E-state index contributed by atoms with van der Waals surface area (Å²) in [5.41, 5.74) is 2.65. The minimum Gasteiger partial charge on any atom is -0.472 e. The lowest BCUT2D eigenvalue weighted by molar-refractivity contribution is 0.0956. The van der Waals surface area contributed by atoms with Crippen molar-refractivity contribution in [2.24, 2.45) is 0 Å². The second-order valence-electron chi connectivity index (χ2n) is 4.36. The maximum absolute atomic E-state index is 11.8. The van der Waals surface area contributed by atoms with Crippen molar-refractivity contribution in [1.29, 1.82) is 0 Å². The molecule has 1 atom stereocenters. The standard InChI is InChI=1S/C15H18N2O2/c1-3-16-15(18)12-5-4-6-14(9-12)17-11(2)13-7-8-19-10-13/h4-11,17H,3H2,1-2H3,(H,16,18). The predicted octanol–water partition coefficient (Wildman–Crippen LogP) is 3.20. The van der Waals surface area contributed by atoms with E-state index in [-0.39, 0.29) is 11.9 Å². The van der Waals surface area contributed by atoms with Gasteiger partial charge in [-0.05, 0) is 38.1 Å². The van der Waals surface area contributed by atoms with Crippen molar-refractivity contribution in [1.82, 2.24) is 5.32 Å². The number of carbonyl (C=O) groups is 1. The van der Waals surface area contributed by atoms with Crippen LogP contribution < -0.4 is 10.6 Å². The molecular weight excluding hydrogens is 240 g/mol. The highest BCUT2D eigenvalue weighted by Crippen LogP contribution is 2.20. The highest BCUT2D eigenvalue weighted by Gasteiger charge is 2.08. The first-order valence-electron chi connectivity index (χ1n) is 6.37. The lowest BCUT2D eigenvalue weighted by Crippen LogP contribution is -2.22. The first-order chi connectivity index (χ1) is 9.20. The van der Waals surface area contributed by atoms with Gasteiger partial charge in [0.2, 0.25) is 0 Å². The van der Waals surface area contributed by atoms with Crippen LogP contribution in [0.15, 0.2) is 47.3 Å². The number of nitrogens with one attached hydrogen (secondary N) is 2. The van der Waals surface area contributed by atoms with Gasteiger partial charge in [0.25, 0.3) is 5.91 Å². The molecule has 1 unspecified atom stereocenters. The van der Waals surface area contributed by atoms with Crippen LogP contribution in [0.3, 0.4) is 0 Å². The molecule has 1 heterocycles. The fourth-order valence-corrected chi connectivity index (χ4v) is 1.87. The Morgan fingerprint density at radius 1 is 1.37 bits per heavy atom. The summed E-state index contributed by atoms with van der Waals surface area (Å²) in [7, 11) is 0. The van der Waals surface area contributed by atoms with Crippen LogP contribution in [-0.4, -0.2) is 12.5 Å². The zero-order valence-electron chi connectivity index (χ0n) is 11.1. The summed E-state index contributed by atoms with van der Waals surface area (Å²) >= 11 is 0. The van der Waals surface area contributed by atoms with Gasteiger partial charge in [-0.1, -0.05) is 6.07 Å². The molecule has 100 valence electrons. The number of anilines is 1. The third kappa shape index (κ3) is 3.37. The zero-order valence-corrected chi connectivity index (χ0v) is 11.1. The Labute approximate surface area is 112 Å². The summed E-state index contributed by atoms with van der Waals surface area (Å²) in [5, 5.41) is 6.13. The SMILES string of the molecule is CCNC(=O)c1cccc(NC(C)c2ccoc2)c1. The third-order valence-electron chi connectivity index (χ3n) is 2.89. The van der Waals surface area contributed by atoms with Gasteiger partial charge in [0.05, 0.1) is 18.6 Å². The molecule has 0 spiro atoms. The Balaban J connectivity index is 2.09. The van der Waals surface area contributed by atoms with E-state index >= 15 is 0 Å². The number of hydrogen-bond donors (Lipinski definition) is 2. The van der Waals surface area contributed by atoms with E-state index in [0.29, 0.717) is 12.1 Å². The van der Waals surface area contributed by atoms with Crippen LogP contribution in [0, 0.1) is 0 Å². The number of carbonyl (C=O) groups excluding carboxylic acids is 1. The number of benzene rings is 1. The smallest absolute Gasteiger partial charge is 0.251 e. The van der Waals surface area contributed by atoms with Crippen LogP contribution in [-0.2, 0) is 0 Å². The number of amides is 1. The summed E-state index contributed by atoms with van der Waals surface area (Å²) in [6.07, 6.45) is 3.37. The lowest BCUT2D eigenvalue weighted by atomic mass is 10.1. The molecule has 4 heteroatoms. The van der Waals surface area contributed by atoms with Crippen LogP contribution >= 0.6 is 0 Å². The topological polar surface area (TPSA) is 54.3 Å². The van der Waals surface area contributed by atoms with E-state index in [4.69, 9.17) is 4.42 Å². The molecule has 2 rings (SSSR count). The van der Waals surface area contributed by atoms with Crippen molar-refractivity contribution in [3.8, 4) is 0 Å². The first-order valence-corrected chi connectivity index (χ1v) is 6.37. The molecule has 1 amide bonds. The average molecular weight is 258 g/mol. The first kappa shape index (κ1) is 13.2. The summed E-state index contributed by atoms with van der Waals surface area (Å²) in [5.74, 6) is -0.0536. The monoisotopic (exact) mass is 258 g/mol. The number of rotatable bonds is 5. The molecule has 0 saturated carbocycles. The Morgan fingerprint density at radius 3 is 2.89 bits per heavy atom. The molecule has 0 aliphatic heterocycles. The molecule has 0 saturated heterocycles. The number of hydrogen-bond acceptors (Lipinski definition) is 3. The van der Waals surface area contributed by atoms with Gasteiger partial charge in [0.15, 0.2) is 0 Å². The van der Waals surface area contributed by atoms with E-state index in [1.807, 2.05) is 38.1 Å². The maximum atomic E-state index is 11.8. The number of furan rings is 1. The highest BCUT2D eigenvalue weighted by molar-refractivity contribution is 5.95. The molecule has 19 heavy (non-hydrogen) atoms. The Hall–Kier alpha value is -2.23. The molecule has 2 aromatic rings. The molecule has 0 aliphatic rings. The highest BCUT2D eigenvalue weighted by atomic mass is 16.3. The normalized spacial score (nSPS) is 11.9. The summed E-state index contributed by atoms with van der Waals surface area (Å²) < 4.78 is 5.06. The van der Waals surface area contributed by atoms with Gasteiger partial charge in [0.1, 0.15) is 0 Å². The van der Waals surface area contributed by atoms with Crippen molar-refractivity contribution in [2.75, 3.05) is 11.9 Å². The van der Waals surface area contributed by atoms with Gasteiger partial charge < -0.3 is 15.1 Å². The molecule has 4 nitrogen and oxygen atoms in total. The fraction of sp³-hybridized carbons (Fsp3) is 0.267. The van der Waals surface area contributed by atoms with Gasteiger partial charge in [-0.25, -0.2) is 0 Å². The quantitative estimate of drug-likeness (QED) is 0.866. The van der Waals surface area contributed by atoms with Gasteiger partial charge in [-0.2, -0.15) is 0 Å². The van der Waals surface area contributed by atoms with Gasteiger partial charge in [-0.15, -0.1) is 0 Å². The van der Waals surface area contributed by atoms with E-state index in [0.717, 1.165) is 11.3 Å². The fourth-order valence-electron chi connectivity index (χ4n) is 1.87. The van der Waals surface area contributed by atoms with Gasteiger partial charge in [-0.3, -0.25) is 4.79 Å². The van der Waals surface area contributed by atoms with Crippen molar-refractivity contribution >= 4 is 11.6 Å². The van der Waals surface area contributed by atoms with Gasteiger partial charge in [0, 0.05) is 23.4 Å². The molecule has 0 fully saturated rings. The lowest BCUT2D eigenvalue weighted by Gasteiger charge is -2.14. The van der Waals surface area contributed by atoms with E-state index in [1.54, 1.807) is 18.6 Å². The molecule has 1 aromatic heterocycles. The molecule has 1 aromatic carbocycles. The largest absolute Gasteiger partial charge is 0.472 e. The van der Waals surface area contributed by atoms with Crippen molar-refractivity contribution in [3.63, 3.8) is 0 Å². The second-order valence-corrected chi connectivity index (χ2v) is 4.36. The predicted molar refractivity (Wildman–Crippen MR) is 75.2 cm³/mol. The maximum Gasteiger partial charge on any atom is 0.251 e. The van der Waals surface area contributed by atoms with Crippen LogP contribution in [0.25, 0.3) is 0 Å². The van der Waals surface area contributed by atoms with Crippen LogP contribution in [0.4, 0.5) is 5.69 Å². The van der Waals surface area contributed by atoms with Crippen molar-refractivity contribution in [2.45, 2.75) is 19.9 Å². The Kier molecular flexibility index (Phi) is 4.23. The molecular formula is C15H18N2O2. The Morgan fingerprint density at radius 2 is 2.21 bits per heavy atom. The minimum absolute atomic E-state index is 0.0536. The Bertz CT molecular complexity index is 535. The van der Waals surface area contributed by atoms with Crippen LogP contribution in [0.5, 0.6) is 0 Å². The molecule has 0 aliphatic carbocycles. The van der Waals surface area contributed by atoms with E-state index in [9.17, 15) is 4.79 Å². The van der Waals surface area contributed by atoms with Crippen LogP contribution in [0.1, 0.15) is 35.8 Å². The van der Waals surface area contributed by atoms with Gasteiger partial charge >= 0.3 is 0 Å².